The van der Waals surface area contributed by atoms with E-state index in [-0.39, 0.29) is 16.6 Å². The van der Waals surface area contributed by atoms with E-state index in [4.69, 9.17) is 10.2 Å². The van der Waals surface area contributed by atoms with Crippen LogP contribution >= 0.6 is 0 Å². The summed E-state index contributed by atoms with van der Waals surface area (Å²) in [5.41, 5.74) is 1.71. The number of aromatic carboxylic acids is 2. The fourth-order valence-electron chi connectivity index (χ4n) is 1.66. The minimum absolute atomic E-state index is 0. The quantitative estimate of drug-likeness (QED) is 0.879. The van der Waals surface area contributed by atoms with Crippen molar-refractivity contribution in [2.45, 2.75) is 0 Å². The second-order valence-electron chi connectivity index (χ2n) is 3.77. The minimum atomic E-state index is -1.01. The maximum absolute atomic E-state index is 10.9. The molecule has 5 nitrogen and oxygen atoms in total. The van der Waals surface area contributed by atoms with E-state index < -0.39 is 11.9 Å². The van der Waals surface area contributed by atoms with Crippen LogP contribution in [0.1, 0.15) is 20.7 Å². The van der Waals surface area contributed by atoms with Crippen molar-refractivity contribution in [2.75, 3.05) is 0 Å². The van der Waals surface area contributed by atoms with E-state index in [0.29, 0.717) is 11.1 Å². The first kappa shape index (κ1) is 14.4. The first-order chi connectivity index (χ1) is 8.58. The summed E-state index contributed by atoms with van der Waals surface area (Å²) in [5, 5.41) is 17.8. The van der Waals surface area contributed by atoms with Crippen LogP contribution in [0.2, 0.25) is 0 Å². The van der Waals surface area contributed by atoms with Gasteiger partial charge in [-0.25, -0.2) is 9.59 Å². The summed E-state index contributed by atoms with van der Waals surface area (Å²) in [6.45, 7) is 0. The average Bonchev–Trinajstić information content (AvgIpc) is 2.39. The summed E-state index contributed by atoms with van der Waals surface area (Å²) in [7, 11) is 0. The number of benzene rings is 2. The second kappa shape index (κ2) is 5.79. The molecule has 98 valence electrons. The highest BCUT2D eigenvalue weighted by Crippen LogP contribution is 2.21. The van der Waals surface area contributed by atoms with E-state index in [2.05, 4.69) is 0 Å². The molecule has 0 atom stereocenters. The lowest BCUT2D eigenvalue weighted by molar-refractivity contribution is 0.0686. The normalized spacial score (nSPS) is 9.47. The van der Waals surface area contributed by atoms with E-state index in [1.54, 1.807) is 24.3 Å². The van der Waals surface area contributed by atoms with E-state index in [1.165, 1.54) is 24.3 Å². The molecule has 0 aliphatic heterocycles. The summed E-state index contributed by atoms with van der Waals surface area (Å²) in [4.78, 5) is 21.7. The van der Waals surface area contributed by atoms with E-state index >= 15 is 0 Å². The average molecular weight is 260 g/mol. The molecule has 0 bridgehead atoms. The predicted octanol–water partition coefficient (Wildman–Crippen LogP) is 1.93. The van der Waals surface area contributed by atoms with Gasteiger partial charge in [0.05, 0.1) is 11.1 Å². The Bertz CT molecular complexity index is 563. The molecule has 0 radical (unpaired) electrons. The van der Waals surface area contributed by atoms with Crippen molar-refractivity contribution in [1.29, 1.82) is 0 Å². The molecule has 19 heavy (non-hydrogen) atoms. The molecule has 0 aliphatic carbocycles. The first-order valence-electron chi connectivity index (χ1n) is 5.25. The molecule has 0 aliphatic rings. The van der Waals surface area contributed by atoms with E-state index in [0.717, 1.165) is 0 Å². The lowest BCUT2D eigenvalue weighted by Gasteiger charge is -2.04. The van der Waals surface area contributed by atoms with Crippen molar-refractivity contribution in [2.24, 2.45) is 0 Å². The third-order valence-corrected chi connectivity index (χ3v) is 2.55. The number of rotatable bonds is 3. The highest BCUT2D eigenvalue weighted by atomic mass is 16.4. The van der Waals surface area contributed by atoms with Crippen molar-refractivity contribution in [1.82, 2.24) is 0 Å². The zero-order valence-corrected chi connectivity index (χ0v) is 9.83. The van der Waals surface area contributed by atoms with Gasteiger partial charge in [0.2, 0.25) is 0 Å². The summed E-state index contributed by atoms with van der Waals surface area (Å²) in [6, 6.07) is 12.8. The largest absolute Gasteiger partial charge is 0.478 e. The molecule has 0 saturated carbocycles. The maximum Gasteiger partial charge on any atom is 0.335 e. The number of carbonyl (C=O) groups is 2. The molecule has 0 saturated heterocycles. The molecule has 0 spiro atoms. The topological polar surface area (TPSA) is 106 Å². The van der Waals surface area contributed by atoms with Gasteiger partial charge < -0.3 is 15.7 Å². The standard InChI is InChI=1S/C14H10O4.H2O/c15-13(16)11-5-1-3-9(7-11)10-4-2-6-12(8-10)14(17)18;/h1-8H,(H,15,16)(H,17,18);1H2. The Balaban J connectivity index is 0.00000180. The lowest BCUT2D eigenvalue weighted by atomic mass is 10.0. The molecular weight excluding hydrogens is 248 g/mol. The van der Waals surface area contributed by atoms with Crippen LogP contribution in [-0.4, -0.2) is 27.6 Å². The van der Waals surface area contributed by atoms with Crippen LogP contribution in [0.25, 0.3) is 11.1 Å². The Morgan fingerprint density at radius 2 is 1.11 bits per heavy atom. The lowest BCUT2D eigenvalue weighted by Crippen LogP contribution is -1.97. The SMILES string of the molecule is O.O=C(O)c1cccc(-c2cccc(C(=O)O)c2)c1. The molecule has 2 rings (SSSR count). The van der Waals surface area contributed by atoms with Crippen LogP contribution in [0.5, 0.6) is 0 Å². The molecule has 0 unspecified atom stereocenters. The fraction of sp³-hybridized carbons (Fsp3) is 0. The smallest absolute Gasteiger partial charge is 0.335 e. The molecule has 4 N–H and O–H groups in total. The predicted molar refractivity (Wildman–Crippen MR) is 69.4 cm³/mol. The molecule has 0 aromatic heterocycles. The van der Waals surface area contributed by atoms with Gasteiger partial charge in [0.1, 0.15) is 0 Å². The van der Waals surface area contributed by atoms with Crippen molar-refractivity contribution in [3.63, 3.8) is 0 Å². The van der Waals surface area contributed by atoms with Crippen molar-refractivity contribution < 1.29 is 25.3 Å². The first-order valence-corrected chi connectivity index (χ1v) is 5.25. The summed E-state index contributed by atoms with van der Waals surface area (Å²) >= 11 is 0. The van der Waals surface area contributed by atoms with Crippen LogP contribution in [0.4, 0.5) is 0 Å². The Morgan fingerprint density at radius 3 is 1.42 bits per heavy atom. The third kappa shape index (κ3) is 3.17. The number of hydrogen-bond donors (Lipinski definition) is 2. The van der Waals surface area contributed by atoms with Crippen LogP contribution in [0.3, 0.4) is 0 Å². The van der Waals surface area contributed by atoms with Crippen LogP contribution < -0.4 is 0 Å². The highest BCUT2D eigenvalue weighted by Gasteiger charge is 2.07. The van der Waals surface area contributed by atoms with Gasteiger partial charge in [-0.3, -0.25) is 0 Å². The Kier molecular flexibility index (Phi) is 4.39. The minimum Gasteiger partial charge on any atom is -0.478 e. The molecule has 0 amide bonds. The Hall–Kier alpha value is -2.66. The van der Waals surface area contributed by atoms with Gasteiger partial charge in [0.15, 0.2) is 0 Å². The molecule has 2 aromatic carbocycles. The van der Waals surface area contributed by atoms with Crippen molar-refractivity contribution in [3.8, 4) is 11.1 Å². The Morgan fingerprint density at radius 1 is 0.737 bits per heavy atom. The van der Waals surface area contributed by atoms with Crippen LogP contribution in [-0.2, 0) is 0 Å². The maximum atomic E-state index is 10.9. The number of carboxylic acids is 2. The summed E-state index contributed by atoms with van der Waals surface area (Å²) in [6.07, 6.45) is 0. The summed E-state index contributed by atoms with van der Waals surface area (Å²) in [5.74, 6) is -2.02. The second-order valence-corrected chi connectivity index (χ2v) is 3.77. The summed E-state index contributed by atoms with van der Waals surface area (Å²) < 4.78 is 0. The van der Waals surface area contributed by atoms with Gasteiger partial charge in [-0.15, -0.1) is 0 Å². The number of hydrogen-bond acceptors (Lipinski definition) is 2. The van der Waals surface area contributed by atoms with Gasteiger partial charge in [0.25, 0.3) is 0 Å². The van der Waals surface area contributed by atoms with Gasteiger partial charge in [0, 0.05) is 0 Å². The monoisotopic (exact) mass is 260 g/mol. The van der Waals surface area contributed by atoms with Crippen molar-refractivity contribution >= 4 is 11.9 Å². The Labute approximate surface area is 109 Å². The van der Waals surface area contributed by atoms with E-state index in [1.807, 2.05) is 0 Å². The molecular formula is C14H12O5. The van der Waals surface area contributed by atoms with Gasteiger partial charge in [-0.1, -0.05) is 24.3 Å². The van der Waals surface area contributed by atoms with Crippen molar-refractivity contribution in [3.05, 3.63) is 59.7 Å². The number of carboxylic acid groups (broad SMARTS) is 2. The highest BCUT2D eigenvalue weighted by molar-refractivity contribution is 5.91. The molecule has 0 heterocycles. The van der Waals surface area contributed by atoms with Crippen LogP contribution in [0.15, 0.2) is 48.5 Å². The van der Waals surface area contributed by atoms with Gasteiger partial charge in [-0.2, -0.15) is 0 Å². The fourth-order valence-corrected chi connectivity index (χ4v) is 1.66. The van der Waals surface area contributed by atoms with Gasteiger partial charge >= 0.3 is 11.9 Å². The van der Waals surface area contributed by atoms with E-state index in [9.17, 15) is 9.59 Å². The molecule has 2 aromatic rings. The third-order valence-electron chi connectivity index (χ3n) is 2.55. The van der Waals surface area contributed by atoms with Crippen LogP contribution in [0, 0.1) is 0 Å². The zero-order valence-electron chi connectivity index (χ0n) is 9.83. The zero-order chi connectivity index (χ0) is 13.1. The molecule has 5 heteroatoms. The van der Waals surface area contributed by atoms with Gasteiger partial charge in [-0.05, 0) is 35.4 Å². The molecule has 0 fully saturated rings.